The maximum absolute atomic E-state index is 11.6. The Balaban J connectivity index is 1.58. The lowest BCUT2D eigenvalue weighted by atomic mass is 10.1. The summed E-state index contributed by atoms with van der Waals surface area (Å²) >= 11 is 6.29. The van der Waals surface area contributed by atoms with Gasteiger partial charge in [-0.1, -0.05) is 41.0 Å². The van der Waals surface area contributed by atoms with Crippen molar-refractivity contribution in [3.63, 3.8) is 0 Å². The Hall–Kier alpha value is -3.12. The highest BCUT2D eigenvalue weighted by Gasteiger charge is 2.13. The Morgan fingerprint density at radius 1 is 1.11 bits per heavy atom. The number of nitrogens with zero attached hydrogens (tertiary/aromatic N) is 2. The van der Waals surface area contributed by atoms with E-state index in [1.54, 1.807) is 12.1 Å². The zero-order valence-electron chi connectivity index (χ0n) is 14.7. The number of benzene rings is 2. The number of aromatic nitrogens is 2. The number of aryl methyl sites for hydroxylation is 2. The van der Waals surface area contributed by atoms with Gasteiger partial charge < -0.3 is 13.7 Å². The molecular weight excluding hydrogens is 368 g/mol. The van der Waals surface area contributed by atoms with Crippen LogP contribution in [0.2, 0.25) is 5.02 Å². The molecule has 2 aromatic carbocycles. The van der Waals surface area contributed by atoms with Crippen LogP contribution in [0.15, 0.2) is 56.2 Å². The number of hydrogen-bond acceptors (Lipinski definition) is 6. The predicted molar refractivity (Wildman–Crippen MR) is 101 cm³/mol. The van der Waals surface area contributed by atoms with Crippen molar-refractivity contribution in [2.45, 2.75) is 20.5 Å². The Bertz CT molecular complexity index is 1200. The molecule has 2 aromatic heterocycles. The molecule has 0 amide bonds. The fourth-order valence-electron chi connectivity index (χ4n) is 2.82. The first-order valence-corrected chi connectivity index (χ1v) is 8.64. The highest BCUT2D eigenvalue weighted by molar-refractivity contribution is 6.32. The average molecular weight is 383 g/mol. The van der Waals surface area contributed by atoms with Gasteiger partial charge in [0.25, 0.3) is 5.89 Å². The fourth-order valence-corrected chi connectivity index (χ4v) is 3.03. The lowest BCUT2D eigenvalue weighted by Gasteiger charge is -2.08. The second kappa shape index (κ2) is 6.89. The number of ether oxygens (including phenoxy) is 1. The van der Waals surface area contributed by atoms with Crippen molar-refractivity contribution in [3.05, 3.63) is 74.9 Å². The van der Waals surface area contributed by atoms with E-state index in [2.05, 4.69) is 10.1 Å². The molecule has 0 saturated heterocycles. The Kier molecular flexibility index (Phi) is 4.41. The minimum Gasteiger partial charge on any atom is -0.482 e. The second-order valence-corrected chi connectivity index (χ2v) is 6.55. The van der Waals surface area contributed by atoms with E-state index in [0.717, 1.165) is 22.1 Å². The average Bonchev–Trinajstić information content (AvgIpc) is 3.10. The summed E-state index contributed by atoms with van der Waals surface area (Å²) in [4.78, 5) is 15.9. The van der Waals surface area contributed by atoms with Crippen molar-refractivity contribution in [3.8, 4) is 17.1 Å². The van der Waals surface area contributed by atoms with Gasteiger partial charge in [0, 0.05) is 23.1 Å². The van der Waals surface area contributed by atoms with Crippen LogP contribution in [-0.4, -0.2) is 10.1 Å². The molecule has 4 aromatic rings. The summed E-state index contributed by atoms with van der Waals surface area (Å²) in [6.45, 7) is 3.84. The van der Waals surface area contributed by atoms with Crippen LogP contribution in [-0.2, 0) is 6.61 Å². The van der Waals surface area contributed by atoms with E-state index in [0.29, 0.717) is 28.1 Å². The quantitative estimate of drug-likeness (QED) is 0.476. The lowest BCUT2D eigenvalue weighted by Crippen LogP contribution is -2.00. The third-order valence-electron chi connectivity index (χ3n) is 4.21. The highest BCUT2D eigenvalue weighted by atomic mass is 35.5. The van der Waals surface area contributed by atoms with Crippen molar-refractivity contribution < 1.29 is 13.7 Å². The third kappa shape index (κ3) is 3.44. The lowest BCUT2D eigenvalue weighted by molar-refractivity contribution is 0.243. The topological polar surface area (TPSA) is 78.4 Å². The molecule has 0 spiro atoms. The molecule has 136 valence electrons. The SMILES string of the molecule is Cc1ccccc1-c1noc(COc2cc3oc(=O)cc(C)c3cc2Cl)n1. The van der Waals surface area contributed by atoms with Crippen LogP contribution in [0.3, 0.4) is 0 Å². The highest BCUT2D eigenvalue weighted by Crippen LogP contribution is 2.31. The molecule has 4 rings (SSSR count). The second-order valence-electron chi connectivity index (χ2n) is 6.14. The van der Waals surface area contributed by atoms with E-state index >= 15 is 0 Å². The van der Waals surface area contributed by atoms with Crippen LogP contribution in [0.1, 0.15) is 17.0 Å². The van der Waals surface area contributed by atoms with Crippen LogP contribution in [0.25, 0.3) is 22.4 Å². The van der Waals surface area contributed by atoms with Gasteiger partial charge in [-0.3, -0.25) is 0 Å². The molecule has 2 heterocycles. The molecule has 0 unspecified atom stereocenters. The van der Waals surface area contributed by atoms with Crippen molar-refractivity contribution in [1.29, 1.82) is 0 Å². The van der Waals surface area contributed by atoms with Gasteiger partial charge >= 0.3 is 5.63 Å². The van der Waals surface area contributed by atoms with E-state index in [-0.39, 0.29) is 6.61 Å². The number of fused-ring (bicyclic) bond motifs is 1. The Morgan fingerprint density at radius 2 is 1.93 bits per heavy atom. The van der Waals surface area contributed by atoms with E-state index in [4.69, 9.17) is 25.3 Å². The summed E-state index contributed by atoms with van der Waals surface area (Å²) in [6.07, 6.45) is 0. The zero-order chi connectivity index (χ0) is 19.0. The summed E-state index contributed by atoms with van der Waals surface area (Å²) in [7, 11) is 0. The minimum absolute atomic E-state index is 0.0418. The first kappa shape index (κ1) is 17.3. The standard InChI is InChI=1S/C20H15ClN2O4/c1-11-5-3-4-6-13(11)20-22-18(27-23-20)10-25-17-9-16-14(8-15(17)21)12(2)7-19(24)26-16/h3-9H,10H2,1-2H3. The number of halogens is 1. The summed E-state index contributed by atoms with van der Waals surface area (Å²) in [5.74, 6) is 1.18. The van der Waals surface area contributed by atoms with Crippen molar-refractivity contribution in [1.82, 2.24) is 10.1 Å². The Labute approximate surface area is 159 Å². The molecule has 7 heteroatoms. The van der Waals surface area contributed by atoms with Crippen LogP contribution < -0.4 is 10.4 Å². The first-order chi connectivity index (χ1) is 13.0. The van der Waals surface area contributed by atoms with Gasteiger partial charge in [-0.15, -0.1) is 0 Å². The van der Waals surface area contributed by atoms with E-state index in [1.165, 1.54) is 6.07 Å². The van der Waals surface area contributed by atoms with Gasteiger partial charge in [0.05, 0.1) is 5.02 Å². The molecule has 0 atom stereocenters. The Morgan fingerprint density at radius 3 is 2.74 bits per heavy atom. The van der Waals surface area contributed by atoms with E-state index in [9.17, 15) is 4.79 Å². The normalized spacial score (nSPS) is 11.1. The van der Waals surface area contributed by atoms with Crippen LogP contribution in [0.4, 0.5) is 0 Å². The molecule has 0 radical (unpaired) electrons. The van der Waals surface area contributed by atoms with Gasteiger partial charge in [-0.05, 0) is 31.0 Å². The molecule has 0 fully saturated rings. The monoisotopic (exact) mass is 382 g/mol. The van der Waals surface area contributed by atoms with Gasteiger partial charge in [-0.25, -0.2) is 4.79 Å². The molecule has 6 nitrogen and oxygen atoms in total. The molecule has 0 aliphatic heterocycles. The van der Waals surface area contributed by atoms with E-state index in [1.807, 2.05) is 38.1 Å². The van der Waals surface area contributed by atoms with Crippen molar-refractivity contribution >= 4 is 22.6 Å². The summed E-state index contributed by atoms with van der Waals surface area (Å²) in [6, 6.07) is 12.5. The maximum Gasteiger partial charge on any atom is 0.336 e. The molecule has 0 N–H and O–H groups in total. The van der Waals surface area contributed by atoms with Crippen molar-refractivity contribution in [2.24, 2.45) is 0 Å². The maximum atomic E-state index is 11.6. The van der Waals surface area contributed by atoms with Crippen LogP contribution in [0.5, 0.6) is 5.75 Å². The molecule has 27 heavy (non-hydrogen) atoms. The van der Waals surface area contributed by atoms with Crippen molar-refractivity contribution in [2.75, 3.05) is 0 Å². The summed E-state index contributed by atoms with van der Waals surface area (Å²) in [5.41, 5.74) is 2.72. The van der Waals surface area contributed by atoms with Gasteiger partial charge in [0.2, 0.25) is 5.82 Å². The molecule has 0 saturated carbocycles. The minimum atomic E-state index is -0.423. The molecule has 0 aliphatic rings. The molecule has 0 bridgehead atoms. The smallest absolute Gasteiger partial charge is 0.336 e. The predicted octanol–water partition coefficient (Wildman–Crippen LogP) is 4.69. The van der Waals surface area contributed by atoms with Gasteiger partial charge in [0.1, 0.15) is 11.3 Å². The molecule has 0 aliphatic carbocycles. The molecular formula is C20H15ClN2O4. The zero-order valence-corrected chi connectivity index (χ0v) is 15.4. The fraction of sp³-hybridized carbons (Fsp3) is 0.150. The van der Waals surface area contributed by atoms with Gasteiger partial charge in [-0.2, -0.15) is 4.98 Å². The largest absolute Gasteiger partial charge is 0.482 e. The first-order valence-electron chi connectivity index (χ1n) is 8.26. The summed E-state index contributed by atoms with van der Waals surface area (Å²) in [5, 5.41) is 5.15. The van der Waals surface area contributed by atoms with Crippen LogP contribution >= 0.6 is 11.6 Å². The van der Waals surface area contributed by atoms with Crippen LogP contribution in [0, 0.1) is 13.8 Å². The van der Waals surface area contributed by atoms with E-state index < -0.39 is 5.63 Å². The summed E-state index contributed by atoms with van der Waals surface area (Å²) < 4.78 is 16.2. The third-order valence-corrected chi connectivity index (χ3v) is 4.50. The number of rotatable bonds is 4. The van der Waals surface area contributed by atoms with Gasteiger partial charge in [0.15, 0.2) is 6.61 Å². The number of hydrogen-bond donors (Lipinski definition) is 0.